The Bertz CT molecular complexity index is 223. The Kier molecular flexibility index (Phi) is 5.46. The first-order chi connectivity index (χ1) is 8.78. The molecule has 2 rings (SSSR count). The van der Waals surface area contributed by atoms with Crippen LogP contribution in [0.2, 0.25) is 0 Å². The molecular weight excluding hydrogens is 224 g/mol. The van der Waals surface area contributed by atoms with Crippen LogP contribution in [0.15, 0.2) is 0 Å². The van der Waals surface area contributed by atoms with Crippen molar-refractivity contribution in [2.24, 2.45) is 5.41 Å². The number of likely N-dealkylation sites (N-methyl/N-ethyl adjacent to an activating group) is 1. The van der Waals surface area contributed by atoms with Crippen molar-refractivity contribution in [1.82, 2.24) is 10.2 Å². The highest BCUT2D eigenvalue weighted by Crippen LogP contribution is 2.45. The second kappa shape index (κ2) is 6.88. The van der Waals surface area contributed by atoms with Crippen LogP contribution in [0.5, 0.6) is 0 Å². The molecule has 106 valence electrons. The summed E-state index contributed by atoms with van der Waals surface area (Å²) in [5, 5.41) is 3.53. The second-order valence-electron chi connectivity index (χ2n) is 6.22. The van der Waals surface area contributed by atoms with Gasteiger partial charge >= 0.3 is 0 Å². The number of hydrogen-bond acceptors (Lipinski definition) is 3. The molecule has 1 saturated carbocycles. The minimum Gasteiger partial charge on any atom is -0.383 e. The lowest BCUT2D eigenvalue weighted by Crippen LogP contribution is -2.47. The van der Waals surface area contributed by atoms with E-state index in [2.05, 4.69) is 17.1 Å². The molecule has 1 atom stereocenters. The van der Waals surface area contributed by atoms with Crippen LogP contribution >= 0.6 is 0 Å². The standard InChI is InChI=1S/C15H30N2O/c1-3-16-14(13-18-2)12-17-10-8-15(9-11-17)6-4-5-7-15/h14,16H,3-13H2,1-2H3. The molecule has 1 saturated heterocycles. The van der Waals surface area contributed by atoms with Crippen LogP contribution in [0.4, 0.5) is 0 Å². The van der Waals surface area contributed by atoms with Gasteiger partial charge in [-0.15, -0.1) is 0 Å². The van der Waals surface area contributed by atoms with Crippen LogP contribution in [-0.4, -0.2) is 50.8 Å². The zero-order chi connectivity index (χ0) is 12.8. The summed E-state index contributed by atoms with van der Waals surface area (Å²) in [6.45, 7) is 7.78. The lowest BCUT2D eigenvalue weighted by molar-refractivity contribution is 0.0832. The van der Waals surface area contributed by atoms with Gasteiger partial charge in [-0.2, -0.15) is 0 Å². The third kappa shape index (κ3) is 3.69. The molecule has 0 bridgehead atoms. The molecule has 0 aromatic heterocycles. The summed E-state index contributed by atoms with van der Waals surface area (Å²) in [7, 11) is 1.80. The average Bonchev–Trinajstić information content (AvgIpc) is 2.82. The maximum Gasteiger partial charge on any atom is 0.0628 e. The van der Waals surface area contributed by atoms with Crippen molar-refractivity contribution >= 4 is 0 Å². The van der Waals surface area contributed by atoms with E-state index in [0.717, 1.165) is 25.1 Å². The number of rotatable bonds is 6. The molecule has 2 aliphatic rings. The summed E-state index contributed by atoms with van der Waals surface area (Å²) in [6, 6.07) is 0.498. The largest absolute Gasteiger partial charge is 0.383 e. The summed E-state index contributed by atoms with van der Waals surface area (Å²) in [5.41, 5.74) is 0.742. The number of ether oxygens (including phenoxy) is 1. The predicted molar refractivity (Wildman–Crippen MR) is 75.9 cm³/mol. The van der Waals surface area contributed by atoms with Gasteiger partial charge in [-0.1, -0.05) is 19.8 Å². The summed E-state index contributed by atoms with van der Waals surface area (Å²) in [6.07, 6.45) is 8.80. The van der Waals surface area contributed by atoms with Crippen molar-refractivity contribution in [1.29, 1.82) is 0 Å². The lowest BCUT2D eigenvalue weighted by Gasteiger charge is -2.40. The molecule has 18 heavy (non-hydrogen) atoms. The van der Waals surface area contributed by atoms with E-state index in [4.69, 9.17) is 4.74 Å². The van der Waals surface area contributed by atoms with E-state index < -0.39 is 0 Å². The maximum absolute atomic E-state index is 5.30. The van der Waals surface area contributed by atoms with Crippen molar-refractivity contribution in [3.05, 3.63) is 0 Å². The van der Waals surface area contributed by atoms with Crippen molar-refractivity contribution in [2.75, 3.05) is 39.9 Å². The van der Waals surface area contributed by atoms with Gasteiger partial charge in [0.05, 0.1) is 6.61 Å². The van der Waals surface area contributed by atoms with Gasteiger partial charge in [0.2, 0.25) is 0 Å². The Morgan fingerprint density at radius 1 is 1.17 bits per heavy atom. The van der Waals surface area contributed by atoms with Gasteiger partial charge in [0, 0.05) is 19.7 Å². The van der Waals surface area contributed by atoms with Crippen LogP contribution < -0.4 is 5.32 Å². The molecular formula is C15H30N2O. The van der Waals surface area contributed by atoms with E-state index >= 15 is 0 Å². The summed E-state index contributed by atoms with van der Waals surface area (Å²) >= 11 is 0. The van der Waals surface area contributed by atoms with Gasteiger partial charge in [0.1, 0.15) is 0 Å². The second-order valence-corrected chi connectivity index (χ2v) is 6.22. The third-order valence-electron chi connectivity index (χ3n) is 4.92. The van der Waals surface area contributed by atoms with E-state index in [0.29, 0.717) is 6.04 Å². The maximum atomic E-state index is 5.30. The Hall–Kier alpha value is -0.120. The lowest BCUT2D eigenvalue weighted by atomic mass is 9.77. The van der Waals surface area contributed by atoms with Gasteiger partial charge < -0.3 is 15.0 Å². The summed E-state index contributed by atoms with van der Waals surface area (Å²) < 4.78 is 5.30. The normalized spacial score (nSPS) is 25.7. The minimum absolute atomic E-state index is 0.498. The van der Waals surface area contributed by atoms with Gasteiger partial charge in [-0.3, -0.25) is 0 Å². The number of hydrogen-bond donors (Lipinski definition) is 1. The molecule has 1 aliphatic heterocycles. The van der Waals surface area contributed by atoms with E-state index in [-0.39, 0.29) is 0 Å². The van der Waals surface area contributed by atoms with Gasteiger partial charge in [-0.05, 0) is 50.7 Å². The Balaban J connectivity index is 1.74. The summed E-state index contributed by atoms with van der Waals surface area (Å²) in [4.78, 5) is 2.63. The van der Waals surface area contributed by atoms with Gasteiger partial charge in [0.15, 0.2) is 0 Å². The molecule has 1 aliphatic carbocycles. The molecule has 1 N–H and O–H groups in total. The number of nitrogens with one attached hydrogen (secondary N) is 1. The fourth-order valence-corrected chi connectivity index (χ4v) is 3.81. The van der Waals surface area contributed by atoms with Crippen LogP contribution in [-0.2, 0) is 4.74 Å². The molecule has 1 spiro atoms. The number of nitrogens with zero attached hydrogens (tertiary/aromatic N) is 1. The molecule has 3 heteroatoms. The van der Waals surface area contributed by atoms with Crippen LogP contribution in [0.1, 0.15) is 45.4 Å². The highest BCUT2D eigenvalue weighted by atomic mass is 16.5. The van der Waals surface area contributed by atoms with E-state index in [1.165, 1.54) is 51.6 Å². The van der Waals surface area contributed by atoms with Crippen LogP contribution in [0.3, 0.4) is 0 Å². The third-order valence-corrected chi connectivity index (χ3v) is 4.92. The molecule has 1 unspecified atom stereocenters. The first kappa shape index (κ1) is 14.3. The smallest absolute Gasteiger partial charge is 0.0628 e. The first-order valence-electron chi connectivity index (χ1n) is 7.73. The minimum atomic E-state index is 0.498. The fraction of sp³-hybridized carbons (Fsp3) is 1.00. The monoisotopic (exact) mass is 254 g/mol. The van der Waals surface area contributed by atoms with E-state index in [9.17, 15) is 0 Å². The Morgan fingerprint density at radius 2 is 1.83 bits per heavy atom. The zero-order valence-electron chi connectivity index (χ0n) is 12.2. The summed E-state index contributed by atoms with van der Waals surface area (Å²) in [5.74, 6) is 0. The number of methoxy groups -OCH3 is 1. The van der Waals surface area contributed by atoms with Crippen molar-refractivity contribution in [2.45, 2.75) is 51.5 Å². The highest BCUT2D eigenvalue weighted by molar-refractivity contribution is 4.90. The molecule has 2 fully saturated rings. The van der Waals surface area contributed by atoms with Crippen LogP contribution in [0.25, 0.3) is 0 Å². The van der Waals surface area contributed by atoms with E-state index in [1.54, 1.807) is 7.11 Å². The molecule has 0 amide bonds. The Morgan fingerprint density at radius 3 is 2.39 bits per heavy atom. The molecule has 0 radical (unpaired) electrons. The van der Waals surface area contributed by atoms with Gasteiger partial charge in [-0.25, -0.2) is 0 Å². The molecule has 0 aromatic rings. The van der Waals surface area contributed by atoms with Crippen molar-refractivity contribution in [3.63, 3.8) is 0 Å². The molecule has 1 heterocycles. The SMILES string of the molecule is CCNC(COC)CN1CCC2(CCCC2)CC1. The first-order valence-corrected chi connectivity index (χ1v) is 7.73. The predicted octanol–water partition coefficient (Wildman–Crippen LogP) is 2.27. The number of piperidine rings is 1. The highest BCUT2D eigenvalue weighted by Gasteiger charge is 2.36. The van der Waals surface area contributed by atoms with Crippen LogP contribution in [0, 0.1) is 5.41 Å². The zero-order valence-corrected chi connectivity index (χ0v) is 12.2. The quantitative estimate of drug-likeness (QED) is 0.787. The van der Waals surface area contributed by atoms with Gasteiger partial charge in [0.25, 0.3) is 0 Å². The Labute approximate surface area is 112 Å². The van der Waals surface area contributed by atoms with Crippen molar-refractivity contribution in [3.8, 4) is 0 Å². The fourth-order valence-electron chi connectivity index (χ4n) is 3.81. The molecule has 0 aromatic carbocycles. The molecule has 3 nitrogen and oxygen atoms in total. The van der Waals surface area contributed by atoms with Crippen molar-refractivity contribution < 1.29 is 4.74 Å². The topological polar surface area (TPSA) is 24.5 Å². The van der Waals surface area contributed by atoms with E-state index in [1.807, 2.05) is 0 Å². The number of likely N-dealkylation sites (tertiary alicyclic amines) is 1. The average molecular weight is 254 g/mol.